The smallest absolute Gasteiger partial charge is 0.256 e. The lowest BCUT2D eigenvalue weighted by Gasteiger charge is -2.34. The maximum atomic E-state index is 12.5. The van der Waals surface area contributed by atoms with Crippen molar-refractivity contribution in [1.82, 2.24) is 29.1 Å². The molecule has 208 valence electrons. The maximum Gasteiger partial charge on any atom is 0.256 e. The molecule has 0 amide bonds. The second-order valence-electron chi connectivity index (χ2n) is 11.0. The van der Waals surface area contributed by atoms with E-state index in [1.807, 2.05) is 38.2 Å². The van der Waals surface area contributed by atoms with Crippen LogP contribution in [0.2, 0.25) is 0 Å². The van der Waals surface area contributed by atoms with E-state index in [0.717, 1.165) is 52.3 Å². The van der Waals surface area contributed by atoms with E-state index < -0.39 is 15.6 Å². The monoisotopic (exact) mass is 560 g/mol. The van der Waals surface area contributed by atoms with Crippen LogP contribution >= 0.6 is 0 Å². The zero-order valence-corrected chi connectivity index (χ0v) is 23.3. The molecule has 6 rings (SSSR count). The number of aliphatic hydroxyl groups is 1. The summed E-state index contributed by atoms with van der Waals surface area (Å²) in [5.74, 6) is 1.45. The van der Waals surface area contributed by atoms with Gasteiger partial charge >= 0.3 is 0 Å². The van der Waals surface area contributed by atoms with Crippen molar-refractivity contribution in [1.29, 1.82) is 0 Å². The van der Waals surface area contributed by atoms with E-state index in [2.05, 4.69) is 35.7 Å². The number of hydrogen-bond donors (Lipinski definition) is 3. The highest BCUT2D eigenvalue weighted by Crippen LogP contribution is 2.34. The number of pyridine rings is 2. The van der Waals surface area contributed by atoms with Gasteiger partial charge in [0, 0.05) is 41.9 Å². The summed E-state index contributed by atoms with van der Waals surface area (Å²) >= 11 is 0. The van der Waals surface area contributed by atoms with Crippen LogP contribution in [0.5, 0.6) is 0 Å². The maximum absolute atomic E-state index is 12.5. The minimum absolute atomic E-state index is 0.216. The molecule has 3 N–H and O–H groups in total. The summed E-state index contributed by atoms with van der Waals surface area (Å²) in [6.45, 7) is 3.90. The zero-order valence-electron chi connectivity index (χ0n) is 22.4. The van der Waals surface area contributed by atoms with Gasteiger partial charge in [0.2, 0.25) is 0 Å². The molecule has 0 atom stereocenters. The molecular formula is C28H32N8O3S. The lowest BCUT2D eigenvalue weighted by Crippen LogP contribution is -2.35. The topological polar surface area (TPSA) is 148 Å². The molecule has 40 heavy (non-hydrogen) atoms. The summed E-state index contributed by atoms with van der Waals surface area (Å²) < 4.78 is 26.1. The molecule has 0 aromatic carbocycles. The van der Waals surface area contributed by atoms with Crippen molar-refractivity contribution < 1.29 is 13.5 Å². The predicted molar refractivity (Wildman–Crippen MR) is 153 cm³/mol. The Bertz CT molecular complexity index is 1620. The van der Waals surface area contributed by atoms with Gasteiger partial charge in [0.1, 0.15) is 11.6 Å². The number of aryl methyl sites for hydroxylation is 1. The van der Waals surface area contributed by atoms with Crippen molar-refractivity contribution in [2.75, 3.05) is 10.6 Å². The van der Waals surface area contributed by atoms with Crippen LogP contribution in [0.25, 0.3) is 22.6 Å². The van der Waals surface area contributed by atoms with E-state index >= 15 is 0 Å². The molecular weight excluding hydrogens is 528 g/mol. The van der Waals surface area contributed by atoms with Crippen molar-refractivity contribution in [2.45, 2.75) is 69.3 Å². The van der Waals surface area contributed by atoms with Crippen LogP contribution in [0, 0.1) is 6.92 Å². The van der Waals surface area contributed by atoms with E-state index in [4.69, 9.17) is 0 Å². The second-order valence-corrected chi connectivity index (χ2v) is 13.1. The molecule has 0 unspecified atom stereocenters. The first-order chi connectivity index (χ1) is 19.2. The Morgan fingerprint density at radius 3 is 2.52 bits per heavy atom. The zero-order chi connectivity index (χ0) is 27.9. The highest BCUT2D eigenvalue weighted by molar-refractivity contribution is 7.90. The number of rotatable bonds is 8. The van der Waals surface area contributed by atoms with E-state index in [1.54, 1.807) is 18.5 Å². The molecule has 4 aromatic rings. The standard InChI is InChI=1S/C28H32N8O3S/c1-18-3-6-23(30-14-18)22-16-31-26(13-24(22)33-20-7-10-28(2,37)11-8-20)34-25-9-12-29-27(35-25)19-15-32-36(17-19)40(38,39)21-4-5-21/h3,6,9,12-17,20-21,37H,4-5,7-8,10-11H2,1-2H3,(H2,29,31,33,34,35). The minimum atomic E-state index is -3.47. The summed E-state index contributed by atoms with van der Waals surface area (Å²) in [4.78, 5) is 18.1. The Labute approximate surface area is 233 Å². The predicted octanol–water partition coefficient (Wildman–Crippen LogP) is 4.29. The van der Waals surface area contributed by atoms with Gasteiger partial charge in [0.05, 0.1) is 34.5 Å². The van der Waals surface area contributed by atoms with Crippen LogP contribution in [-0.2, 0) is 10.0 Å². The lowest BCUT2D eigenvalue weighted by atomic mass is 9.83. The molecule has 0 bridgehead atoms. The van der Waals surface area contributed by atoms with Crippen molar-refractivity contribution in [3.05, 3.63) is 60.8 Å². The molecule has 0 saturated heterocycles. The summed E-state index contributed by atoms with van der Waals surface area (Å²) in [7, 11) is -3.47. The molecule has 0 radical (unpaired) electrons. The van der Waals surface area contributed by atoms with Crippen molar-refractivity contribution in [2.24, 2.45) is 0 Å². The highest BCUT2D eigenvalue weighted by Gasteiger charge is 2.37. The molecule has 0 aliphatic heterocycles. The molecule has 11 nitrogen and oxygen atoms in total. The molecule has 0 spiro atoms. The molecule has 2 saturated carbocycles. The van der Waals surface area contributed by atoms with Gasteiger partial charge in [0.15, 0.2) is 5.82 Å². The van der Waals surface area contributed by atoms with Gasteiger partial charge in [-0.3, -0.25) is 4.98 Å². The number of anilines is 3. The first-order valence-electron chi connectivity index (χ1n) is 13.5. The van der Waals surface area contributed by atoms with Crippen LogP contribution in [0.15, 0.2) is 55.2 Å². The fourth-order valence-electron chi connectivity index (χ4n) is 4.85. The average Bonchev–Trinajstić information content (AvgIpc) is 3.68. The molecule has 4 heterocycles. The molecule has 4 aromatic heterocycles. The highest BCUT2D eigenvalue weighted by atomic mass is 32.2. The third-order valence-electron chi connectivity index (χ3n) is 7.45. The van der Waals surface area contributed by atoms with Gasteiger partial charge in [-0.05, 0) is 70.1 Å². The minimum Gasteiger partial charge on any atom is -0.390 e. The normalized spacial score (nSPS) is 21.2. The van der Waals surface area contributed by atoms with Gasteiger partial charge < -0.3 is 15.7 Å². The van der Waals surface area contributed by atoms with E-state index in [0.29, 0.717) is 35.9 Å². The first kappa shape index (κ1) is 26.3. The van der Waals surface area contributed by atoms with Crippen LogP contribution < -0.4 is 10.6 Å². The Morgan fingerprint density at radius 2 is 1.80 bits per heavy atom. The number of nitrogens with one attached hydrogen (secondary N) is 2. The third kappa shape index (κ3) is 5.68. The van der Waals surface area contributed by atoms with Crippen LogP contribution in [0.1, 0.15) is 51.0 Å². The third-order valence-corrected chi connectivity index (χ3v) is 9.49. The number of nitrogens with zero attached hydrogens (tertiary/aromatic N) is 6. The molecule has 2 fully saturated rings. The van der Waals surface area contributed by atoms with Gasteiger partial charge in [0.25, 0.3) is 10.0 Å². The average molecular weight is 561 g/mol. The summed E-state index contributed by atoms with van der Waals surface area (Å²) in [5, 5.41) is 21.0. The van der Waals surface area contributed by atoms with Crippen LogP contribution in [-0.4, -0.2) is 59.5 Å². The Hall–Kier alpha value is -3.90. The van der Waals surface area contributed by atoms with Gasteiger partial charge in [-0.2, -0.15) is 9.19 Å². The summed E-state index contributed by atoms with van der Waals surface area (Å²) in [5.41, 5.74) is 3.56. The fraction of sp³-hybridized carbons (Fsp3) is 0.393. The number of hydrogen-bond acceptors (Lipinski definition) is 10. The van der Waals surface area contributed by atoms with Crippen molar-refractivity contribution in [3.8, 4) is 22.6 Å². The number of aromatic nitrogens is 6. The summed E-state index contributed by atoms with van der Waals surface area (Å²) in [6, 6.07) is 7.88. The molecule has 2 aliphatic carbocycles. The van der Waals surface area contributed by atoms with Crippen molar-refractivity contribution >= 4 is 27.3 Å². The van der Waals surface area contributed by atoms with Crippen LogP contribution in [0.3, 0.4) is 0 Å². The van der Waals surface area contributed by atoms with Crippen molar-refractivity contribution in [3.63, 3.8) is 0 Å². The van der Waals surface area contributed by atoms with Gasteiger partial charge in [-0.15, -0.1) is 0 Å². The SMILES string of the molecule is Cc1ccc(-c2cnc(Nc3ccnc(-c4cnn(S(=O)(=O)C5CC5)c4)n3)cc2NC2CCC(C)(O)CC2)nc1. The molecule has 2 aliphatic rings. The fourth-order valence-corrected chi connectivity index (χ4v) is 6.33. The van der Waals surface area contributed by atoms with Gasteiger partial charge in [-0.1, -0.05) is 6.07 Å². The Balaban J connectivity index is 1.26. The van der Waals surface area contributed by atoms with Gasteiger partial charge in [-0.25, -0.2) is 23.4 Å². The molecule has 12 heteroatoms. The largest absolute Gasteiger partial charge is 0.390 e. The van der Waals surface area contributed by atoms with Crippen LogP contribution in [0.4, 0.5) is 17.3 Å². The van der Waals surface area contributed by atoms with E-state index in [9.17, 15) is 13.5 Å². The van der Waals surface area contributed by atoms with E-state index in [-0.39, 0.29) is 11.3 Å². The second kappa shape index (κ2) is 10.3. The quantitative estimate of drug-likeness (QED) is 0.285. The van der Waals surface area contributed by atoms with E-state index in [1.165, 1.54) is 12.4 Å². The Morgan fingerprint density at radius 1 is 1.00 bits per heavy atom. The first-order valence-corrected chi connectivity index (χ1v) is 15.0. The Kier molecular flexibility index (Phi) is 6.75. The lowest BCUT2D eigenvalue weighted by molar-refractivity contribution is 0.0196. The summed E-state index contributed by atoms with van der Waals surface area (Å²) in [6.07, 6.45) is 12.7.